The first kappa shape index (κ1) is 15.8. The summed E-state index contributed by atoms with van der Waals surface area (Å²) in [6.45, 7) is 3.44. The van der Waals surface area contributed by atoms with Crippen LogP contribution in [0.3, 0.4) is 0 Å². The summed E-state index contributed by atoms with van der Waals surface area (Å²) in [5.41, 5.74) is 1.39. The molecule has 2 N–H and O–H groups in total. The maximum Gasteiger partial charge on any atom is 0.265 e. The van der Waals surface area contributed by atoms with Gasteiger partial charge in [-0.05, 0) is 44.2 Å². The molecule has 0 spiro atoms. The molecule has 0 fully saturated rings. The number of benzene rings is 1. The zero-order chi connectivity index (χ0) is 17.4. The summed E-state index contributed by atoms with van der Waals surface area (Å²) in [4.78, 5) is 36.2. The van der Waals surface area contributed by atoms with Crippen LogP contribution in [0.25, 0.3) is 0 Å². The average Bonchev–Trinajstić information content (AvgIpc) is 2.54. The second-order valence-electron chi connectivity index (χ2n) is 5.67. The van der Waals surface area contributed by atoms with Crippen LogP contribution in [-0.2, 0) is 11.8 Å². The van der Waals surface area contributed by atoms with E-state index in [1.165, 1.54) is 10.6 Å². The van der Waals surface area contributed by atoms with Gasteiger partial charge in [-0.2, -0.15) is 0 Å². The SMILES string of the molecule is Cc1ccc(C(=O)Nc2ccc3c(c2)NC(=O)[C@H](C)O3)c(=O)n1C. The zero-order valence-corrected chi connectivity index (χ0v) is 13.5. The predicted molar refractivity (Wildman–Crippen MR) is 89.5 cm³/mol. The molecule has 7 heteroatoms. The van der Waals surface area contributed by atoms with Crippen molar-refractivity contribution < 1.29 is 14.3 Å². The molecule has 0 unspecified atom stereocenters. The zero-order valence-electron chi connectivity index (χ0n) is 13.5. The van der Waals surface area contributed by atoms with Crippen LogP contribution >= 0.6 is 0 Å². The van der Waals surface area contributed by atoms with Gasteiger partial charge in [-0.25, -0.2) is 0 Å². The Morgan fingerprint density at radius 3 is 2.75 bits per heavy atom. The Labute approximate surface area is 138 Å². The average molecular weight is 327 g/mol. The van der Waals surface area contributed by atoms with Crippen molar-refractivity contribution >= 4 is 23.2 Å². The number of aryl methyl sites for hydroxylation is 1. The molecule has 1 atom stereocenters. The number of fused-ring (bicyclic) bond motifs is 1. The molecule has 1 aromatic heterocycles. The highest BCUT2D eigenvalue weighted by atomic mass is 16.5. The van der Waals surface area contributed by atoms with Gasteiger partial charge in [0.2, 0.25) is 0 Å². The van der Waals surface area contributed by atoms with Crippen LogP contribution in [0.5, 0.6) is 5.75 Å². The fourth-order valence-corrected chi connectivity index (χ4v) is 2.39. The molecule has 2 amide bonds. The van der Waals surface area contributed by atoms with Crippen molar-refractivity contribution in [2.24, 2.45) is 7.05 Å². The fourth-order valence-electron chi connectivity index (χ4n) is 2.39. The summed E-state index contributed by atoms with van der Waals surface area (Å²) >= 11 is 0. The lowest BCUT2D eigenvalue weighted by atomic mass is 10.2. The number of amides is 2. The van der Waals surface area contributed by atoms with Gasteiger partial charge in [0.15, 0.2) is 6.10 Å². The molecular weight excluding hydrogens is 310 g/mol. The molecule has 2 heterocycles. The molecule has 3 rings (SSSR count). The standard InChI is InChI=1S/C17H17N3O4/c1-9-4-6-12(17(23)20(9)3)16(22)18-11-5-7-14-13(8-11)19-15(21)10(2)24-14/h4-8,10H,1-3H3,(H,18,22)(H,19,21)/t10-/m0/s1. The molecule has 0 aliphatic carbocycles. The normalized spacial score (nSPS) is 16.0. The first-order valence-corrected chi connectivity index (χ1v) is 7.46. The highest BCUT2D eigenvalue weighted by Crippen LogP contribution is 2.32. The molecule has 2 aromatic rings. The van der Waals surface area contributed by atoms with Gasteiger partial charge in [-0.3, -0.25) is 14.4 Å². The molecule has 0 radical (unpaired) electrons. The predicted octanol–water partition coefficient (Wildman–Crippen LogP) is 1.67. The molecule has 124 valence electrons. The summed E-state index contributed by atoms with van der Waals surface area (Å²) in [5.74, 6) is -0.225. The molecule has 24 heavy (non-hydrogen) atoms. The second kappa shape index (κ2) is 5.84. The van der Waals surface area contributed by atoms with E-state index in [-0.39, 0.29) is 17.0 Å². The summed E-state index contributed by atoms with van der Waals surface area (Å²) < 4.78 is 6.87. The minimum atomic E-state index is -0.562. The largest absolute Gasteiger partial charge is 0.479 e. The van der Waals surface area contributed by atoms with Crippen molar-refractivity contribution in [3.05, 3.63) is 51.9 Å². The van der Waals surface area contributed by atoms with E-state index in [0.717, 1.165) is 5.69 Å². The van der Waals surface area contributed by atoms with E-state index in [0.29, 0.717) is 17.1 Å². The Bertz CT molecular complexity index is 901. The van der Waals surface area contributed by atoms with E-state index < -0.39 is 12.0 Å². The highest BCUT2D eigenvalue weighted by molar-refractivity contribution is 6.05. The van der Waals surface area contributed by atoms with Gasteiger partial charge in [0.1, 0.15) is 11.3 Å². The second-order valence-corrected chi connectivity index (χ2v) is 5.67. The lowest BCUT2D eigenvalue weighted by Gasteiger charge is -2.23. The molecule has 1 aliphatic heterocycles. The number of anilines is 2. The molecule has 1 aliphatic rings. The summed E-state index contributed by atoms with van der Waals surface area (Å²) in [6.07, 6.45) is -0.562. The third kappa shape index (κ3) is 2.76. The highest BCUT2D eigenvalue weighted by Gasteiger charge is 2.24. The van der Waals surface area contributed by atoms with Gasteiger partial charge in [-0.1, -0.05) is 0 Å². The Kier molecular flexibility index (Phi) is 3.84. The van der Waals surface area contributed by atoms with Gasteiger partial charge < -0.3 is 19.9 Å². The number of ether oxygens (including phenoxy) is 1. The Hall–Kier alpha value is -3.09. The van der Waals surface area contributed by atoms with Gasteiger partial charge in [0.25, 0.3) is 17.4 Å². The quantitative estimate of drug-likeness (QED) is 0.878. The summed E-state index contributed by atoms with van der Waals surface area (Å²) in [5, 5.41) is 5.37. The van der Waals surface area contributed by atoms with Crippen molar-refractivity contribution in [3.63, 3.8) is 0 Å². The molecule has 7 nitrogen and oxygen atoms in total. The van der Waals surface area contributed by atoms with E-state index in [9.17, 15) is 14.4 Å². The number of carbonyl (C=O) groups excluding carboxylic acids is 2. The van der Waals surface area contributed by atoms with Gasteiger partial charge in [0, 0.05) is 18.4 Å². The summed E-state index contributed by atoms with van der Waals surface area (Å²) in [7, 11) is 1.61. The van der Waals surface area contributed by atoms with E-state index in [1.54, 1.807) is 45.2 Å². The number of aromatic nitrogens is 1. The van der Waals surface area contributed by atoms with Crippen molar-refractivity contribution in [3.8, 4) is 5.75 Å². The lowest BCUT2D eigenvalue weighted by Crippen LogP contribution is -2.34. The molecule has 0 bridgehead atoms. The minimum Gasteiger partial charge on any atom is -0.479 e. The Morgan fingerprint density at radius 2 is 2.00 bits per heavy atom. The molecule has 0 saturated heterocycles. The number of nitrogens with zero attached hydrogens (tertiary/aromatic N) is 1. The molecule has 1 aromatic carbocycles. The number of nitrogens with one attached hydrogen (secondary N) is 2. The maximum absolute atomic E-state index is 12.3. The minimum absolute atomic E-state index is 0.0507. The van der Waals surface area contributed by atoms with Gasteiger partial charge in [-0.15, -0.1) is 0 Å². The maximum atomic E-state index is 12.3. The van der Waals surface area contributed by atoms with E-state index in [4.69, 9.17) is 4.74 Å². The number of hydrogen-bond donors (Lipinski definition) is 2. The van der Waals surface area contributed by atoms with Crippen molar-refractivity contribution in [2.75, 3.05) is 10.6 Å². The third-order valence-electron chi connectivity index (χ3n) is 3.97. The van der Waals surface area contributed by atoms with Crippen molar-refractivity contribution in [1.82, 2.24) is 4.57 Å². The summed E-state index contributed by atoms with van der Waals surface area (Å²) in [6, 6.07) is 8.11. The first-order chi connectivity index (χ1) is 11.4. The van der Waals surface area contributed by atoms with Crippen LogP contribution in [0, 0.1) is 6.92 Å². The van der Waals surface area contributed by atoms with Gasteiger partial charge >= 0.3 is 0 Å². The monoisotopic (exact) mass is 327 g/mol. The van der Waals surface area contributed by atoms with E-state index >= 15 is 0 Å². The van der Waals surface area contributed by atoms with Crippen molar-refractivity contribution in [1.29, 1.82) is 0 Å². The topological polar surface area (TPSA) is 89.4 Å². The van der Waals surface area contributed by atoms with Crippen LogP contribution in [0.1, 0.15) is 23.0 Å². The first-order valence-electron chi connectivity index (χ1n) is 7.46. The third-order valence-corrected chi connectivity index (χ3v) is 3.97. The molecule has 0 saturated carbocycles. The number of hydrogen-bond acceptors (Lipinski definition) is 4. The number of carbonyl (C=O) groups is 2. The van der Waals surface area contributed by atoms with Crippen LogP contribution in [0.2, 0.25) is 0 Å². The Balaban J connectivity index is 1.86. The number of pyridine rings is 1. The van der Waals surface area contributed by atoms with Crippen molar-refractivity contribution in [2.45, 2.75) is 20.0 Å². The fraction of sp³-hybridized carbons (Fsp3) is 0.235. The van der Waals surface area contributed by atoms with E-state index in [1.807, 2.05) is 0 Å². The van der Waals surface area contributed by atoms with Crippen LogP contribution in [0.15, 0.2) is 35.1 Å². The molecular formula is C17H17N3O4. The van der Waals surface area contributed by atoms with Crippen LogP contribution in [-0.4, -0.2) is 22.5 Å². The van der Waals surface area contributed by atoms with Crippen LogP contribution < -0.4 is 20.9 Å². The number of rotatable bonds is 2. The Morgan fingerprint density at radius 1 is 1.25 bits per heavy atom. The van der Waals surface area contributed by atoms with E-state index in [2.05, 4.69) is 10.6 Å². The van der Waals surface area contributed by atoms with Gasteiger partial charge in [0.05, 0.1) is 5.69 Å². The lowest BCUT2D eigenvalue weighted by molar-refractivity contribution is -0.122. The van der Waals surface area contributed by atoms with Crippen LogP contribution in [0.4, 0.5) is 11.4 Å². The smallest absolute Gasteiger partial charge is 0.265 e.